The highest BCUT2D eigenvalue weighted by Gasteiger charge is 2.20. The smallest absolute Gasteiger partial charge is 0.146 e. The first-order valence-electron chi connectivity index (χ1n) is 17.3. The number of allylic oxidation sites excluding steroid dienone is 4. The molecule has 1 aliphatic carbocycles. The van der Waals surface area contributed by atoms with E-state index in [1.165, 1.54) is 43.8 Å². The first-order valence-corrected chi connectivity index (χ1v) is 17.3. The molecule has 0 saturated carbocycles. The van der Waals surface area contributed by atoms with Gasteiger partial charge in [-0.15, -0.1) is 0 Å². The van der Waals surface area contributed by atoms with Crippen LogP contribution in [-0.4, -0.2) is 5.11 Å². The van der Waals surface area contributed by atoms with Gasteiger partial charge in [0.25, 0.3) is 0 Å². The van der Waals surface area contributed by atoms with Crippen molar-refractivity contribution in [1.82, 2.24) is 0 Å². The van der Waals surface area contributed by atoms with Crippen LogP contribution in [-0.2, 0) is 0 Å². The average molecular weight is 641 g/mol. The fourth-order valence-electron chi connectivity index (χ4n) is 8.11. The van der Waals surface area contributed by atoms with E-state index in [9.17, 15) is 5.11 Å². The zero-order valence-electron chi connectivity index (χ0n) is 27.4. The van der Waals surface area contributed by atoms with Crippen LogP contribution in [0.1, 0.15) is 18.4 Å². The fourth-order valence-corrected chi connectivity index (χ4v) is 8.11. The summed E-state index contributed by atoms with van der Waals surface area (Å²) in [6.07, 6.45) is 8.86. The predicted molar refractivity (Wildman–Crippen MR) is 211 cm³/mol. The highest BCUT2D eigenvalue weighted by Crippen LogP contribution is 2.45. The van der Waals surface area contributed by atoms with Gasteiger partial charge in [0.05, 0.1) is 5.39 Å². The first-order chi connectivity index (χ1) is 24.7. The molecule has 8 aromatic carbocycles. The van der Waals surface area contributed by atoms with E-state index in [1.54, 1.807) is 0 Å². The molecule has 0 atom stereocenters. The molecule has 1 N–H and O–H groups in total. The number of fused-ring (bicyclic) bond motifs is 7. The summed E-state index contributed by atoms with van der Waals surface area (Å²) in [5, 5.41) is 20.4. The summed E-state index contributed by atoms with van der Waals surface area (Å²) in [6, 6.07) is 51.3. The second kappa shape index (κ2) is 11.4. The largest absolute Gasteiger partial charge is 0.507 e. The number of phenolic OH excluding ortho intramolecular Hbond substituents is 1. The molecule has 0 unspecified atom stereocenters. The van der Waals surface area contributed by atoms with E-state index in [-0.39, 0.29) is 5.75 Å². The second-order valence-electron chi connectivity index (χ2n) is 13.3. The van der Waals surface area contributed by atoms with Gasteiger partial charge in [0, 0.05) is 16.3 Å². The van der Waals surface area contributed by atoms with Crippen LogP contribution in [0.5, 0.6) is 5.75 Å². The van der Waals surface area contributed by atoms with Crippen LogP contribution in [0.4, 0.5) is 0 Å². The lowest BCUT2D eigenvalue weighted by Gasteiger charge is -2.20. The lowest BCUT2D eigenvalue weighted by atomic mass is 9.83. The van der Waals surface area contributed by atoms with Crippen LogP contribution in [0.3, 0.4) is 0 Å². The van der Waals surface area contributed by atoms with Crippen molar-refractivity contribution in [1.29, 1.82) is 0 Å². The van der Waals surface area contributed by atoms with Crippen molar-refractivity contribution in [3.05, 3.63) is 169 Å². The molecule has 1 aromatic heterocycles. The zero-order chi connectivity index (χ0) is 33.2. The van der Waals surface area contributed by atoms with Gasteiger partial charge in [-0.05, 0) is 103 Å². The van der Waals surface area contributed by atoms with Gasteiger partial charge < -0.3 is 9.52 Å². The topological polar surface area (TPSA) is 33.4 Å². The van der Waals surface area contributed by atoms with Crippen molar-refractivity contribution >= 4 is 59.8 Å². The summed E-state index contributed by atoms with van der Waals surface area (Å²) in [6.45, 7) is 0. The number of furan rings is 1. The van der Waals surface area contributed by atoms with Crippen LogP contribution < -0.4 is 0 Å². The number of hydrogen-bond acceptors (Lipinski definition) is 2. The SMILES string of the molecule is Oc1c(-c2ccccc2)ccc2ccc3c4ccc(-c5cccc(-c6c7ccccc7c(C7=CC=CCC7)c7ccccc67)c5)cc4oc3c12. The highest BCUT2D eigenvalue weighted by atomic mass is 16.3. The van der Waals surface area contributed by atoms with E-state index in [0.29, 0.717) is 5.58 Å². The van der Waals surface area contributed by atoms with Gasteiger partial charge >= 0.3 is 0 Å². The Labute approximate surface area is 289 Å². The molecule has 0 amide bonds. The minimum absolute atomic E-state index is 0.244. The molecule has 0 saturated heterocycles. The van der Waals surface area contributed by atoms with Gasteiger partial charge in [0.15, 0.2) is 0 Å². The van der Waals surface area contributed by atoms with Crippen LogP contribution in [0, 0.1) is 0 Å². The number of benzene rings is 8. The highest BCUT2D eigenvalue weighted by molar-refractivity contribution is 6.20. The van der Waals surface area contributed by atoms with Crippen LogP contribution in [0.15, 0.2) is 168 Å². The zero-order valence-corrected chi connectivity index (χ0v) is 27.4. The second-order valence-corrected chi connectivity index (χ2v) is 13.3. The summed E-state index contributed by atoms with van der Waals surface area (Å²) in [7, 11) is 0. The van der Waals surface area contributed by atoms with Crippen LogP contribution >= 0.6 is 0 Å². The lowest BCUT2D eigenvalue weighted by molar-refractivity contribution is 0.483. The Morgan fingerprint density at radius 3 is 1.88 bits per heavy atom. The van der Waals surface area contributed by atoms with E-state index < -0.39 is 0 Å². The molecule has 2 heteroatoms. The predicted octanol–water partition coefficient (Wildman–Crippen LogP) is 13.5. The maximum atomic E-state index is 11.6. The first kappa shape index (κ1) is 28.6. The Balaban J connectivity index is 1.14. The number of phenols is 1. The van der Waals surface area contributed by atoms with Gasteiger partial charge in [-0.25, -0.2) is 0 Å². The van der Waals surface area contributed by atoms with Crippen LogP contribution in [0.2, 0.25) is 0 Å². The molecule has 236 valence electrons. The monoisotopic (exact) mass is 640 g/mol. The maximum Gasteiger partial charge on any atom is 0.146 e. The quantitative estimate of drug-likeness (QED) is 0.194. The molecule has 10 rings (SSSR count). The van der Waals surface area contributed by atoms with Gasteiger partial charge in [0.2, 0.25) is 0 Å². The number of rotatable bonds is 4. The van der Waals surface area contributed by atoms with Crippen LogP contribution in [0.25, 0.3) is 93.2 Å². The molecule has 1 aliphatic rings. The summed E-state index contributed by atoms with van der Waals surface area (Å²) >= 11 is 0. The molecule has 0 aliphatic heterocycles. The minimum Gasteiger partial charge on any atom is -0.507 e. The van der Waals surface area contributed by atoms with Crippen molar-refractivity contribution < 1.29 is 9.52 Å². The number of aromatic hydroxyl groups is 1. The summed E-state index contributed by atoms with van der Waals surface area (Å²) in [5.41, 5.74) is 10.7. The van der Waals surface area contributed by atoms with Gasteiger partial charge in [-0.2, -0.15) is 0 Å². The van der Waals surface area contributed by atoms with Crippen molar-refractivity contribution in [3.63, 3.8) is 0 Å². The standard InChI is InChI=1S/C48H32O2/c49-47-36(30-12-3-1-4-13-30)25-22-32-23-27-42-37-26-24-34(29-43(37)50-48(42)46(32)47)33-16-11-17-35(28-33)45-40-20-9-7-18-38(40)44(31-14-5-2-6-15-31)39-19-8-10-21-41(39)45/h1-5,7-14,16-29,49H,6,15H2. The van der Waals surface area contributed by atoms with Crippen molar-refractivity contribution in [2.75, 3.05) is 0 Å². The molecule has 9 aromatic rings. The molecular formula is C48H32O2. The molecule has 0 spiro atoms. The molecule has 0 radical (unpaired) electrons. The summed E-state index contributed by atoms with van der Waals surface area (Å²) in [5.74, 6) is 0.244. The van der Waals surface area contributed by atoms with E-state index in [4.69, 9.17) is 4.42 Å². The van der Waals surface area contributed by atoms with E-state index in [1.807, 2.05) is 36.4 Å². The molecule has 2 nitrogen and oxygen atoms in total. The lowest BCUT2D eigenvalue weighted by Crippen LogP contribution is -1.95. The normalized spacial score (nSPS) is 13.2. The Kier molecular flexibility index (Phi) is 6.50. The third kappa shape index (κ3) is 4.42. The van der Waals surface area contributed by atoms with Crippen molar-refractivity contribution in [2.24, 2.45) is 0 Å². The van der Waals surface area contributed by atoms with Gasteiger partial charge in [-0.1, -0.05) is 140 Å². The number of hydrogen-bond donors (Lipinski definition) is 1. The molecule has 50 heavy (non-hydrogen) atoms. The van der Waals surface area contributed by atoms with Gasteiger partial charge in [0.1, 0.15) is 16.9 Å². The third-order valence-corrected chi connectivity index (χ3v) is 10.4. The molecular weight excluding hydrogens is 609 g/mol. The molecule has 0 fully saturated rings. The van der Waals surface area contributed by atoms with Crippen molar-refractivity contribution in [3.8, 4) is 39.1 Å². The third-order valence-electron chi connectivity index (χ3n) is 10.4. The van der Waals surface area contributed by atoms with Crippen molar-refractivity contribution in [2.45, 2.75) is 12.8 Å². The maximum absolute atomic E-state index is 11.6. The average Bonchev–Trinajstić information content (AvgIpc) is 3.56. The van der Waals surface area contributed by atoms with E-state index in [0.717, 1.165) is 62.2 Å². The van der Waals surface area contributed by atoms with Gasteiger partial charge in [-0.3, -0.25) is 0 Å². The Hall–Kier alpha value is -6.38. The molecule has 1 heterocycles. The minimum atomic E-state index is 0.244. The Morgan fingerprint density at radius 1 is 0.500 bits per heavy atom. The van der Waals surface area contributed by atoms with E-state index >= 15 is 0 Å². The summed E-state index contributed by atoms with van der Waals surface area (Å²) in [4.78, 5) is 0. The van der Waals surface area contributed by atoms with E-state index in [2.05, 4.69) is 127 Å². The molecule has 0 bridgehead atoms. The summed E-state index contributed by atoms with van der Waals surface area (Å²) < 4.78 is 6.63. The fraction of sp³-hybridized carbons (Fsp3) is 0.0417. The Bertz CT molecular complexity index is 2810. The Morgan fingerprint density at radius 2 is 1.14 bits per heavy atom.